The minimum absolute atomic E-state index is 0.0367. The Labute approximate surface area is 167 Å². The summed E-state index contributed by atoms with van der Waals surface area (Å²) in [4.78, 5) is 21.5. The normalized spacial score (nSPS) is 16.1. The second-order valence-electron chi connectivity index (χ2n) is 8.25. The van der Waals surface area contributed by atoms with Gasteiger partial charge in [0.1, 0.15) is 11.5 Å². The van der Waals surface area contributed by atoms with Crippen LogP contribution in [0, 0.1) is 0 Å². The Morgan fingerprint density at radius 2 is 1.89 bits per heavy atom. The maximum absolute atomic E-state index is 12.8. The first-order valence-corrected chi connectivity index (χ1v) is 10.1. The fraction of sp³-hybridized carbons (Fsp3) is 0.545. The van der Waals surface area contributed by atoms with Crippen LogP contribution >= 0.6 is 0 Å². The number of hydrogen-bond acceptors (Lipinski definition) is 5. The molecule has 28 heavy (non-hydrogen) atoms. The van der Waals surface area contributed by atoms with Crippen molar-refractivity contribution >= 4 is 5.91 Å². The number of oxazole rings is 1. The summed E-state index contributed by atoms with van der Waals surface area (Å²) in [6.07, 6.45) is 2.77. The number of hydrogen-bond donors (Lipinski definition) is 0. The summed E-state index contributed by atoms with van der Waals surface area (Å²) < 4.78 is 11.4. The van der Waals surface area contributed by atoms with Crippen LogP contribution in [0.2, 0.25) is 0 Å². The second kappa shape index (κ2) is 8.78. The van der Waals surface area contributed by atoms with Crippen molar-refractivity contribution in [2.24, 2.45) is 0 Å². The van der Waals surface area contributed by atoms with Crippen molar-refractivity contribution in [3.05, 3.63) is 47.7 Å². The molecule has 0 atom stereocenters. The van der Waals surface area contributed by atoms with Crippen molar-refractivity contribution in [1.82, 2.24) is 14.8 Å². The lowest BCUT2D eigenvalue weighted by atomic mass is 9.94. The number of benzene rings is 1. The highest BCUT2D eigenvalue weighted by Gasteiger charge is 2.23. The average molecular weight is 386 g/mol. The van der Waals surface area contributed by atoms with Gasteiger partial charge in [0.2, 0.25) is 5.89 Å². The SMILES string of the molecule is CCOc1ccc(C(=O)N2CCCN(Cc3ncc(C(C)(C)C)o3)CC2)cc1. The Hall–Kier alpha value is -2.34. The summed E-state index contributed by atoms with van der Waals surface area (Å²) in [7, 11) is 0. The van der Waals surface area contributed by atoms with Gasteiger partial charge in [-0.05, 0) is 37.6 Å². The molecular weight excluding hydrogens is 354 g/mol. The number of nitrogens with zero attached hydrogens (tertiary/aromatic N) is 3. The molecule has 3 rings (SSSR count). The van der Waals surface area contributed by atoms with Crippen molar-refractivity contribution < 1.29 is 13.9 Å². The first-order valence-electron chi connectivity index (χ1n) is 10.1. The summed E-state index contributed by atoms with van der Waals surface area (Å²) in [5, 5.41) is 0. The van der Waals surface area contributed by atoms with E-state index in [0.717, 1.165) is 43.5 Å². The number of carbonyl (C=O) groups excluding carboxylic acids is 1. The molecule has 0 bridgehead atoms. The van der Waals surface area contributed by atoms with Crippen molar-refractivity contribution in [1.29, 1.82) is 0 Å². The third kappa shape index (κ3) is 5.13. The van der Waals surface area contributed by atoms with Crippen LogP contribution in [0.25, 0.3) is 0 Å². The Bertz CT molecular complexity index is 777. The molecule has 2 aromatic rings. The van der Waals surface area contributed by atoms with Crippen LogP contribution in [-0.2, 0) is 12.0 Å². The van der Waals surface area contributed by atoms with Crippen LogP contribution in [-0.4, -0.2) is 53.5 Å². The third-order valence-corrected chi connectivity index (χ3v) is 4.94. The molecule has 1 saturated heterocycles. The highest BCUT2D eigenvalue weighted by molar-refractivity contribution is 5.94. The smallest absolute Gasteiger partial charge is 0.253 e. The number of rotatable bonds is 5. The maximum Gasteiger partial charge on any atom is 0.253 e. The lowest BCUT2D eigenvalue weighted by molar-refractivity contribution is 0.0760. The van der Waals surface area contributed by atoms with Gasteiger partial charge in [0.05, 0.1) is 19.3 Å². The summed E-state index contributed by atoms with van der Waals surface area (Å²) in [5.41, 5.74) is 0.671. The predicted molar refractivity (Wildman–Crippen MR) is 109 cm³/mol. The zero-order valence-electron chi connectivity index (χ0n) is 17.4. The monoisotopic (exact) mass is 385 g/mol. The van der Waals surface area contributed by atoms with E-state index in [1.807, 2.05) is 42.3 Å². The van der Waals surface area contributed by atoms with Gasteiger partial charge in [-0.3, -0.25) is 9.69 Å². The van der Waals surface area contributed by atoms with E-state index in [2.05, 4.69) is 30.7 Å². The van der Waals surface area contributed by atoms with Gasteiger partial charge in [-0.2, -0.15) is 0 Å². The minimum Gasteiger partial charge on any atom is -0.494 e. The predicted octanol–water partition coefficient (Wildman–Crippen LogP) is 3.72. The third-order valence-electron chi connectivity index (χ3n) is 4.94. The molecule has 2 heterocycles. The summed E-state index contributed by atoms with van der Waals surface area (Å²) in [6, 6.07) is 7.40. The van der Waals surface area contributed by atoms with E-state index in [0.29, 0.717) is 25.3 Å². The van der Waals surface area contributed by atoms with Crippen LogP contribution in [0.5, 0.6) is 5.75 Å². The Morgan fingerprint density at radius 1 is 1.14 bits per heavy atom. The molecule has 0 unspecified atom stereocenters. The Balaban J connectivity index is 1.57. The fourth-order valence-corrected chi connectivity index (χ4v) is 3.30. The van der Waals surface area contributed by atoms with E-state index in [4.69, 9.17) is 9.15 Å². The lowest BCUT2D eigenvalue weighted by Crippen LogP contribution is -2.35. The van der Waals surface area contributed by atoms with E-state index >= 15 is 0 Å². The van der Waals surface area contributed by atoms with E-state index in [-0.39, 0.29) is 11.3 Å². The molecule has 0 N–H and O–H groups in total. The summed E-state index contributed by atoms with van der Waals surface area (Å²) in [5.74, 6) is 2.53. The van der Waals surface area contributed by atoms with Crippen LogP contribution in [0.4, 0.5) is 0 Å². The number of aromatic nitrogens is 1. The standard InChI is InChI=1S/C22H31N3O3/c1-5-27-18-9-7-17(8-10-18)21(26)25-12-6-11-24(13-14-25)16-20-23-15-19(28-20)22(2,3)4/h7-10,15H,5-6,11-14,16H2,1-4H3. The van der Waals surface area contributed by atoms with E-state index in [9.17, 15) is 4.79 Å². The highest BCUT2D eigenvalue weighted by atomic mass is 16.5. The molecule has 1 amide bonds. The van der Waals surface area contributed by atoms with Crippen LogP contribution < -0.4 is 4.74 Å². The van der Waals surface area contributed by atoms with Crippen LogP contribution in [0.15, 0.2) is 34.9 Å². The molecule has 1 aliphatic rings. The topological polar surface area (TPSA) is 58.8 Å². The molecule has 0 saturated carbocycles. The highest BCUT2D eigenvalue weighted by Crippen LogP contribution is 2.23. The first-order chi connectivity index (χ1) is 13.4. The number of amides is 1. The largest absolute Gasteiger partial charge is 0.494 e. The van der Waals surface area contributed by atoms with Crippen molar-refractivity contribution in [2.45, 2.75) is 46.1 Å². The molecule has 1 aromatic carbocycles. The van der Waals surface area contributed by atoms with Crippen LogP contribution in [0.1, 0.15) is 56.1 Å². The van der Waals surface area contributed by atoms with Crippen molar-refractivity contribution in [3.8, 4) is 5.75 Å². The lowest BCUT2D eigenvalue weighted by Gasteiger charge is -2.21. The summed E-state index contributed by atoms with van der Waals surface area (Å²) in [6.45, 7) is 12.8. The zero-order chi connectivity index (χ0) is 20.1. The maximum atomic E-state index is 12.8. The molecule has 1 fully saturated rings. The van der Waals surface area contributed by atoms with Gasteiger partial charge in [0.15, 0.2) is 0 Å². The molecule has 0 aliphatic carbocycles. The number of ether oxygens (including phenoxy) is 1. The van der Waals surface area contributed by atoms with Crippen molar-refractivity contribution in [2.75, 3.05) is 32.8 Å². The van der Waals surface area contributed by atoms with Crippen molar-refractivity contribution in [3.63, 3.8) is 0 Å². The second-order valence-corrected chi connectivity index (χ2v) is 8.25. The van der Waals surface area contributed by atoms with Gasteiger partial charge in [-0.15, -0.1) is 0 Å². The number of carbonyl (C=O) groups is 1. The van der Waals surface area contributed by atoms with E-state index < -0.39 is 0 Å². The molecule has 6 nitrogen and oxygen atoms in total. The van der Waals surface area contributed by atoms with Gasteiger partial charge < -0.3 is 14.1 Å². The van der Waals surface area contributed by atoms with Gasteiger partial charge in [-0.25, -0.2) is 4.98 Å². The zero-order valence-corrected chi connectivity index (χ0v) is 17.4. The molecule has 0 spiro atoms. The van der Waals surface area contributed by atoms with Gasteiger partial charge in [0, 0.05) is 37.2 Å². The van der Waals surface area contributed by atoms with E-state index in [1.165, 1.54) is 0 Å². The molecule has 1 aromatic heterocycles. The summed E-state index contributed by atoms with van der Waals surface area (Å²) >= 11 is 0. The molecule has 152 valence electrons. The van der Waals surface area contributed by atoms with Gasteiger partial charge in [-0.1, -0.05) is 20.8 Å². The first kappa shape index (κ1) is 20.4. The van der Waals surface area contributed by atoms with E-state index in [1.54, 1.807) is 0 Å². The van der Waals surface area contributed by atoms with Gasteiger partial charge in [0.25, 0.3) is 5.91 Å². The fourth-order valence-electron chi connectivity index (χ4n) is 3.30. The molecule has 1 aliphatic heterocycles. The van der Waals surface area contributed by atoms with Gasteiger partial charge >= 0.3 is 0 Å². The molecule has 6 heteroatoms. The quantitative estimate of drug-likeness (QED) is 0.785. The minimum atomic E-state index is -0.0367. The molecular formula is C22H31N3O3. The Morgan fingerprint density at radius 3 is 2.54 bits per heavy atom. The average Bonchev–Trinajstić information content (AvgIpc) is 3.01. The Kier molecular flexibility index (Phi) is 6.39. The molecule has 0 radical (unpaired) electrons. The van der Waals surface area contributed by atoms with Crippen LogP contribution in [0.3, 0.4) is 0 Å².